The van der Waals surface area contributed by atoms with Crippen LogP contribution in [-0.2, 0) is 4.57 Å². The molecule has 0 aromatic heterocycles. The highest BCUT2D eigenvalue weighted by Crippen LogP contribution is 2.16. The second-order valence-corrected chi connectivity index (χ2v) is 2.93. The first-order valence-corrected chi connectivity index (χ1v) is 4.46. The lowest BCUT2D eigenvalue weighted by Gasteiger charge is -1.85. The van der Waals surface area contributed by atoms with E-state index in [1.54, 1.807) is 6.08 Å². The van der Waals surface area contributed by atoms with Crippen LogP contribution in [0.3, 0.4) is 0 Å². The molecule has 1 N–H and O–H groups in total. The molecule has 0 saturated carbocycles. The van der Waals surface area contributed by atoms with Gasteiger partial charge in [0.15, 0.2) is 5.82 Å². The van der Waals surface area contributed by atoms with Gasteiger partial charge in [-0.1, -0.05) is 30.3 Å². The Morgan fingerprint density at radius 1 is 1.27 bits per heavy atom. The Hall–Kier alpha value is -0.980. The maximum absolute atomic E-state index is 10.2. The smallest absolute Gasteiger partial charge is 0.157 e. The van der Waals surface area contributed by atoms with Crippen molar-refractivity contribution in [3.63, 3.8) is 0 Å². The molecule has 0 aliphatic rings. The first kappa shape index (κ1) is 8.12. The molecule has 0 aliphatic heterocycles. The first-order valence-electron chi connectivity index (χ1n) is 3.17. The number of benzene rings is 1. The van der Waals surface area contributed by atoms with E-state index in [1.165, 1.54) is 5.82 Å². The Morgan fingerprint density at radius 2 is 1.91 bits per heavy atom. The quantitative estimate of drug-likeness (QED) is 0.686. The summed E-state index contributed by atoms with van der Waals surface area (Å²) in [7, 11) is -2.15. The molecule has 11 heavy (non-hydrogen) atoms. The van der Waals surface area contributed by atoms with Crippen molar-refractivity contribution in [2.75, 3.05) is 0 Å². The minimum Gasteiger partial charge on any atom is -0.157 e. The molecule has 0 heterocycles. The van der Waals surface area contributed by atoms with Crippen LogP contribution < -0.4 is 0 Å². The van der Waals surface area contributed by atoms with Crippen LogP contribution in [0.4, 0.5) is 0 Å². The van der Waals surface area contributed by atoms with E-state index in [-0.39, 0.29) is 0 Å². The summed E-state index contributed by atoms with van der Waals surface area (Å²) in [5.74, 6) is 1.27. The minimum absolute atomic E-state index is 0.935. The molecular weight excluding hydrogens is 159 g/mol. The zero-order chi connectivity index (χ0) is 8.10. The van der Waals surface area contributed by atoms with Gasteiger partial charge in [0.25, 0.3) is 0 Å². The fraction of sp³-hybridized carbons (Fsp3) is 0. The Balaban J connectivity index is 2.72. The predicted molar refractivity (Wildman–Crippen MR) is 45.3 cm³/mol. The van der Waals surface area contributed by atoms with Gasteiger partial charge in [-0.2, -0.15) is 4.89 Å². The molecular formula is C8H8O2P+. The van der Waals surface area contributed by atoms with Gasteiger partial charge < -0.3 is 0 Å². The highest BCUT2D eigenvalue weighted by atomic mass is 31.1. The van der Waals surface area contributed by atoms with Crippen molar-refractivity contribution in [3.8, 4) is 0 Å². The van der Waals surface area contributed by atoms with E-state index in [9.17, 15) is 4.57 Å². The van der Waals surface area contributed by atoms with Crippen molar-refractivity contribution < 1.29 is 9.46 Å². The Morgan fingerprint density at radius 3 is 2.45 bits per heavy atom. The molecule has 0 radical (unpaired) electrons. The van der Waals surface area contributed by atoms with Crippen molar-refractivity contribution in [1.82, 2.24) is 0 Å². The van der Waals surface area contributed by atoms with Gasteiger partial charge >= 0.3 is 8.03 Å². The lowest BCUT2D eigenvalue weighted by atomic mass is 10.2. The lowest BCUT2D eigenvalue weighted by molar-refractivity contribution is 0.513. The lowest BCUT2D eigenvalue weighted by Crippen LogP contribution is -1.65. The largest absolute Gasteiger partial charge is 0.538 e. The number of rotatable bonds is 2. The summed E-state index contributed by atoms with van der Waals surface area (Å²) in [6.07, 6.45) is 1.62. The second kappa shape index (κ2) is 4.02. The van der Waals surface area contributed by atoms with E-state index >= 15 is 0 Å². The summed E-state index contributed by atoms with van der Waals surface area (Å²) in [5, 5.41) is 0. The maximum Gasteiger partial charge on any atom is 0.538 e. The van der Waals surface area contributed by atoms with E-state index < -0.39 is 8.03 Å². The van der Waals surface area contributed by atoms with Crippen LogP contribution in [0.1, 0.15) is 5.56 Å². The van der Waals surface area contributed by atoms with Gasteiger partial charge in [-0.3, -0.25) is 0 Å². The van der Waals surface area contributed by atoms with Gasteiger partial charge in [0.2, 0.25) is 0 Å². The van der Waals surface area contributed by atoms with Crippen LogP contribution in [0.5, 0.6) is 0 Å². The van der Waals surface area contributed by atoms with Crippen molar-refractivity contribution in [1.29, 1.82) is 0 Å². The molecule has 0 bridgehead atoms. The highest BCUT2D eigenvalue weighted by Gasteiger charge is 1.99. The number of hydrogen-bond acceptors (Lipinski definition) is 1. The summed E-state index contributed by atoms with van der Waals surface area (Å²) in [5.41, 5.74) is 0.935. The van der Waals surface area contributed by atoms with E-state index in [4.69, 9.17) is 4.89 Å². The van der Waals surface area contributed by atoms with Crippen molar-refractivity contribution >= 4 is 14.1 Å². The van der Waals surface area contributed by atoms with E-state index in [2.05, 4.69) is 0 Å². The van der Waals surface area contributed by atoms with Crippen LogP contribution in [0.15, 0.2) is 36.1 Å². The number of hydrogen-bond donors (Lipinski definition) is 1. The average molecular weight is 167 g/mol. The molecule has 2 nitrogen and oxygen atoms in total. The van der Waals surface area contributed by atoms with E-state index in [0.29, 0.717) is 0 Å². The van der Waals surface area contributed by atoms with Crippen LogP contribution in [0, 0.1) is 0 Å². The SMILES string of the molecule is O=[P+](O)C=Cc1ccccc1. The molecule has 0 spiro atoms. The predicted octanol–water partition coefficient (Wildman–Crippen LogP) is 2.39. The van der Waals surface area contributed by atoms with Gasteiger partial charge in [0.1, 0.15) is 0 Å². The maximum atomic E-state index is 10.2. The molecule has 1 rings (SSSR count). The first-order chi connectivity index (χ1) is 5.29. The standard InChI is InChI=1S/C8H7O2P/c9-11(10)7-6-8-4-2-1-3-5-8/h1-7H/p+1. The fourth-order valence-corrected chi connectivity index (χ4v) is 1.01. The summed E-state index contributed by atoms with van der Waals surface area (Å²) in [6.45, 7) is 0. The van der Waals surface area contributed by atoms with Crippen LogP contribution >= 0.6 is 8.03 Å². The summed E-state index contributed by atoms with van der Waals surface area (Å²) < 4.78 is 10.2. The van der Waals surface area contributed by atoms with Crippen molar-refractivity contribution in [3.05, 3.63) is 41.7 Å². The summed E-state index contributed by atoms with van der Waals surface area (Å²) in [6, 6.07) is 9.40. The van der Waals surface area contributed by atoms with Crippen LogP contribution in [-0.4, -0.2) is 4.89 Å². The third-order valence-electron chi connectivity index (χ3n) is 1.19. The molecule has 3 heteroatoms. The Labute approximate surface area is 66.1 Å². The monoisotopic (exact) mass is 167 g/mol. The van der Waals surface area contributed by atoms with E-state index in [0.717, 1.165) is 5.56 Å². The molecule has 0 saturated heterocycles. The molecule has 1 aromatic carbocycles. The zero-order valence-electron chi connectivity index (χ0n) is 5.84. The van der Waals surface area contributed by atoms with Gasteiger partial charge in [0.05, 0.1) is 0 Å². The van der Waals surface area contributed by atoms with Gasteiger partial charge in [-0.05, 0) is 16.2 Å². The molecule has 0 aliphatic carbocycles. The molecule has 1 aromatic rings. The molecule has 0 fully saturated rings. The van der Waals surface area contributed by atoms with Crippen molar-refractivity contribution in [2.45, 2.75) is 0 Å². The molecule has 1 atom stereocenters. The van der Waals surface area contributed by atoms with E-state index in [1.807, 2.05) is 30.3 Å². The van der Waals surface area contributed by atoms with Crippen molar-refractivity contribution in [2.24, 2.45) is 0 Å². The summed E-state index contributed by atoms with van der Waals surface area (Å²) >= 11 is 0. The van der Waals surface area contributed by atoms with Crippen LogP contribution in [0.25, 0.3) is 6.08 Å². The van der Waals surface area contributed by atoms with Crippen LogP contribution in [0.2, 0.25) is 0 Å². The normalized spacial score (nSPS) is 11.9. The molecule has 0 amide bonds. The molecule has 56 valence electrons. The second-order valence-electron chi connectivity index (χ2n) is 2.03. The van der Waals surface area contributed by atoms with Gasteiger partial charge in [0, 0.05) is 0 Å². The fourth-order valence-electron chi connectivity index (χ4n) is 0.714. The molecule has 1 unspecified atom stereocenters. The minimum atomic E-state index is -2.15. The average Bonchev–Trinajstić information content (AvgIpc) is 2.03. The zero-order valence-corrected chi connectivity index (χ0v) is 6.74. The summed E-state index contributed by atoms with van der Waals surface area (Å²) in [4.78, 5) is 8.44. The topological polar surface area (TPSA) is 37.3 Å². The van der Waals surface area contributed by atoms with Gasteiger partial charge in [-0.15, -0.1) is 0 Å². The Kier molecular flexibility index (Phi) is 2.96. The third-order valence-corrected chi connectivity index (χ3v) is 1.60. The Bertz CT molecular complexity index is 267. The third kappa shape index (κ3) is 3.08. The highest BCUT2D eigenvalue weighted by molar-refractivity contribution is 7.41. The van der Waals surface area contributed by atoms with Gasteiger partial charge in [-0.25, -0.2) is 0 Å².